The van der Waals surface area contributed by atoms with E-state index in [1.54, 1.807) is 18.2 Å². The van der Waals surface area contributed by atoms with Crippen LogP contribution in [0.3, 0.4) is 0 Å². The average Bonchev–Trinajstić information content (AvgIpc) is 2.68. The lowest BCUT2D eigenvalue weighted by Gasteiger charge is -2.12. The van der Waals surface area contributed by atoms with E-state index in [4.69, 9.17) is 28.9 Å². The van der Waals surface area contributed by atoms with E-state index >= 15 is 0 Å². The Morgan fingerprint density at radius 3 is 2.56 bits per heavy atom. The van der Waals surface area contributed by atoms with Crippen LogP contribution in [0.1, 0.15) is 16.5 Å². The van der Waals surface area contributed by atoms with Crippen LogP contribution in [0.2, 0.25) is 10.0 Å². The summed E-state index contributed by atoms with van der Waals surface area (Å²) in [5, 5.41) is 2.44. The number of benzene rings is 1. The second-order valence-electron chi connectivity index (χ2n) is 3.25. The minimum atomic E-state index is -0.578. The molecule has 0 aliphatic heterocycles. The van der Waals surface area contributed by atoms with Crippen molar-refractivity contribution in [3.8, 4) is 0 Å². The first-order valence-corrected chi connectivity index (χ1v) is 6.17. The molecule has 0 saturated carbocycles. The van der Waals surface area contributed by atoms with Crippen molar-refractivity contribution >= 4 is 34.5 Å². The molecule has 0 spiro atoms. The van der Waals surface area contributed by atoms with Crippen LogP contribution in [-0.4, -0.2) is 0 Å². The highest BCUT2D eigenvalue weighted by atomic mass is 35.5. The van der Waals surface area contributed by atoms with Gasteiger partial charge in [0.15, 0.2) is 0 Å². The minimum absolute atomic E-state index is 0.0700. The van der Waals surface area contributed by atoms with Gasteiger partial charge in [-0.15, -0.1) is 11.3 Å². The standard InChI is InChI=1S/C11H8Cl2FNS/c12-7-3-1-2-6(9(7)14)10(15)11-8(13)4-5-16-11/h1-5,10H,15H2. The van der Waals surface area contributed by atoms with Gasteiger partial charge in [0.1, 0.15) is 5.82 Å². The lowest BCUT2D eigenvalue weighted by Crippen LogP contribution is -2.12. The third-order valence-electron chi connectivity index (χ3n) is 2.24. The summed E-state index contributed by atoms with van der Waals surface area (Å²) in [5.41, 5.74) is 6.32. The van der Waals surface area contributed by atoms with Crippen molar-refractivity contribution in [1.29, 1.82) is 0 Å². The molecule has 0 radical (unpaired) electrons. The molecule has 84 valence electrons. The highest BCUT2D eigenvalue weighted by Gasteiger charge is 2.18. The van der Waals surface area contributed by atoms with Gasteiger partial charge in [-0.1, -0.05) is 35.3 Å². The van der Waals surface area contributed by atoms with E-state index in [0.717, 1.165) is 4.88 Å². The first kappa shape index (κ1) is 11.9. The van der Waals surface area contributed by atoms with Gasteiger partial charge in [-0.2, -0.15) is 0 Å². The molecule has 0 aliphatic carbocycles. The maximum Gasteiger partial charge on any atom is 0.146 e. The quantitative estimate of drug-likeness (QED) is 0.872. The number of hydrogen-bond donors (Lipinski definition) is 1. The average molecular weight is 276 g/mol. The summed E-state index contributed by atoms with van der Waals surface area (Å²) in [6.07, 6.45) is 0. The van der Waals surface area contributed by atoms with Gasteiger partial charge in [-0.25, -0.2) is 4.39 Å². The zero-order valence-corrected chi connectivity index (χ0v) is 10.4. The van der Waals surface area contributed by atoms with Crippen LogP contribution in [0.25, 0.3) is 0 Å². The second-order valence-corrected chi connectivity index (χ2v) is 5.02. The van der Waals surface area contributed by atoms with Crippen molar-refractivity contribution in [3.05, 3.63) is 55.9 Å². The Kier molecular flexibility index (Phi) is 3.50. The van der Waals surface area contributed by atoms with Crippen molar-refractivity contribution in [2.75, 3.05) is 0 Å². The Bertz CT molecular complexity index is 512. The SMILES string of the molecule is NC(c1cccc(Cl)c1F)c1sccc1Cl. The first-order chi connectivity index (χ1) is 7.61. The molecule has 1 heterocycles. The Morgan fingerprint density at radius 1 is 1.19 bits per heavy atom. The van der Waals surface area contributed by atoms with Gasteiger partial charge in [-0.3, -0.25) is 0 Å². The molecule has 1 atom stereocenters. The fraction of sp³-hybridized carbons (Fsp3) is 0.0909. The molecule has 0 fully saturated rings. The van der Waals surface area contributed by atoms with Gasteiger partial charge >= 0.3 is 0 Å². The molecule has 2 N–H and O–H groups in total. The lowest BCUT2D eigenvalue weighted by atomic mass is 10.1. The van der Waals surface area contributed by atoms with Crippen LogP contribution in [-0.2, 0) is 0 Å². The highest BCUT2D eigenvalue weighted by Crippen LogP contribution is 2.33. The molecule has 2 rings (SSSR count). The monoisotopic (exact) mass is 275 g/mol. The molecule has 1 aromatic heterocycles. The minimum Gasteiger partial charge on any atom is -0.319 e. The van der Waals surface area contributed by atoms with E-state index in [9.17, 15) is 4.39 Å². The molecule has 5 heteroatoms. The predicted molar refractivity (Wildman–Crippen MR) is 66.8 cm³/mol. The summed E-state index contributed by atoms with van der Waals surface area (Å²) in [6.45, 7) is 0. The van der Waals surface area contributed by atoms with Crippen molar-refractivity contribution in [2.24, 2.45) is 5.73 Å². The molecule has 1 aromatic carbocycles. The van der Waals surface area contributed by atoms with Crippen LogP contribution in [0.4, 0.5) is 4.39 Å². The molecule has 1 unspecified atom stereocenters. The molecular formula is C11H8Cl2FNS. The van der Waals surface area contributed by atoms with Gasteiger partial charge in [0.05, 0.1) is 16.1 Å². The summed E-state index contributed by atoms with van der Waals surface area (Å²) in [6, 6.07) is 5.93. The highest BCUT2D eigenvalue weighted by molar-refractivity contribution is 7.10. The number of thiophene rings is 1. The zero-order chi connectivity index (χ0) is 11.7. The summed E-state index contributed by atoms with van der Waals surface area (Å²) in [4.78, 5) is 0.739. The van der Waals surface area contributed by atoms with E-state index < -0.39 is 11.9 Å². The largest absolute Gasteiger partial charge is 0.319 e. The van der Waals surface area contributed by atoms with Crippen LogP contribution < -0.4 is 5.73 Å². The molecule has 2 aromatic rings. The summed E-state index contributed by atoms with van der Waals surface area (Å²) < 4.78 is 13.7. The predicted octanol–water partition coefficient (Wildman–Crippen LogP) is 4.24. The maximum atomic E-state index is 13.7. The Labute approximate surface area is 107 Å². The molecule has 0 aliphatic rings. The van der Waals surface area contributed by atoms with Gasteiger partial charge in [0.25, 0.3) is 0 Å². The van der Waals surface area contributed by atoms with Crippen LogP contribution >= 0.6 is 34.5 Å². The van der Waals surface area contributed by atoms with Gasteiger partial charge in [0.2, 0.25) is 0 Å². The van der Waals surface area contributed by atoms with Gasteiger partial charge in [0, 0.05) is 10.4 Å². The summed E-state index contributed by atoms with van der Waals surface area (Å²) in [5.74, 6) is -0.485. The molecule has 1 nitrogen and oxygen atoms in total. The lowest BCUT2D eigenvalue weighted by molar-refractivity contribution is 0.601. The second kappa shape index (κ2) is 4.72. The van der Waals surface area contributed by atoms with Crippen LogP contribution in [0.15, 0.2) is 29.6 Å². The van der Waals surface area contributed by atoms with Crippen molar-refractivity contribution in [1.82, 2.24) is 0 Å². The third kappa shape index (κ3) is 2.09. The van der Waals surface area contributed by atoms with Crippen molar-refractivity contribution in [2.45, 2.75) is 6.04 Å². The van der Waals surface area contributed by atoms with Gasteiger partial charge in [-0.05, 0) is 17.5 Å². The molecule has 16 heavy (non-hydrogen) atoms. The maximum absolute atomic E-state index is 13.7. The van der Waals surface area contributed by atoms with Crippen LogP contribution in [0.5, 0.6) is 0 Å². The third-order valence-corrected chi connectivity index (χ3v) is 3.98. The van der Waals surface area contributed by atoms with E-state index in [2.05, 4.69) is 0 Å². The number of halogens is 3. The number of hydrogen-bond acceptors (Lipinski definition) is 2. The fourth-order valence-electron chi connectivity index (χ4n) is 1.43. The molecule has 0 saturated heterocycles. The Hall–Kier alpha value is -0.610. The molecule has 0 bridgehead atoms. The van der Waals surface area contributed by atoms with Crippen molar-refractivity contribution in [3.63, 3.8) is 0 Å². The van der Waals surface area contributed by atoms with E-state index in [1.807, 2.05) is 5.38 Å². The first-order valence-electron chi connectivity index (χ1n) is 4.53. The number of rotatable bonds is 2. The Balaban J connectivity index is 2.46. The summed E-state index contributed by atoms with van der Waals surface area (Å²) >= 11 is 13.1. The smallest absolute Gasteiger partial charge is 0.146 e. The number of nitrogens with two attached hydrogens (primary N) is 1. The van der Waals surface area contributed by atoms with E-state index in [0.29, 0.717) is 10.6 Å². The zero-order valence-electron chi connectivity index (χ0n) is 8.08. The van der Waals surface area contributed by atoms with Crippen molar-refractivity contribution < 1.29 is 4.39 Å². The topological polar surface area (TPSA) is 26.0 Å². The van der Waals surface area contributed by atoms with E-state index in [1.165, 1.54) is 17.4 Å². The molecule has 0 amide bonds. The van der Waals surface area contributed by atoms with Gasteiger partial charge < -0.3 is 5.73 Å². The Morgan fingerprint density at radius 2 is 1.94 bits per heavy atom. The summed E-state index contributed by atoms with van der Waals surface area (Å²) in [7, 11) is 0. The molecular weight excluding hydrogens is 268 g/mol. The normalized spacial score (nSPS) is 12.8. The van der Waals surface area contributed by atoms with Crippen LogP contribution in [0, 0.1) is 5.82 Å². The fourth-order valence-corrected chi connectivity index (χ4v) is 2.80. The van der Waals surface area contributed by atoms with E-state index in [-0.39, 0.29) is 5.02 Å².